The number of anilines is 1. The largest absolute Gasteiger partial charge is 0.316 e. The van der Waals surface area contributed by atoms with Gasteiger partial charge in [0.25, 0.3) is 0 Å². The van der Waals surface area contributed by atoms with Crippen LogP contribution in [0.4, 0.5) is 5.69 Å². The van der Waals surface area contributed by atoms with Crippen LogP contribution in [0.3, 0.4) is 0 Å². The molecule has 1 N–H and O–H groups in total. The second-order valence-electron chi connectivity index (χ2n) is 5.63. The monoisotopic (exact) mass is 275 g/mol. The summed E-state index contributed by atoms with van der Waals surface area (Å²) in [6.45, 7) is 7.10. The maximum Gasteiger partial charge on any atom is 0.227 e. The third kappa shape index (κ3) is 3.79. The van der Waals surface area contributed by atoms with Gasteiger partial charge in [0.1, 0.15) is 0 Å². The first-order chi connectivity index (χ1) is 9.72. The third-order valence-corrected chi connectivity index (χ3v) is 4.23. The number of aromatic nitrogens is 1. The molecule has 1 fully saturated rings. The Labute approximate surface area is 121 Å². The molecule has 4 nitrogen and oxygen atoms in total. The summed E-state index contributed by atoms with van der Waals surface area (Å²) < 4.78 is 0. The number of piperidine rings is 1. The highest BCUT2D eigenvalue weighted by Gasteiger charge is 2.24. The number of nitrogens with zero attached hydrogens (tertiary/aromatic N) is 2. The van der Waals surface area contributed by atoms with Crippen LogP contribution in [0, 0.1) is 11.8 Å². The number of rotatable bonds is 5. The minimum Gasteiger partial charge on any atom is -0.316 e. The van der Waals surface area contributed by atoms with Gasteiger partial charge in [-0.3, -0.25) is 9.78 Å². The fourth-order valence-electron chi connectivity index (χ4n) is 2.94. The third-order valence-electron chi connectivity index (χ3n) is 4.23. The molecule has 110 valence electrons. The van der Waals surface area contributed by atoms with Crippen molar-refractivity contribution < 1.29 is 4.79 Å². The Balaban J connectivity index is 1.95. The number of carbonyl (C=O) groups excluding carboxylic acids is 1. The lowest BCUT2D eigenvalue weighted by molar-refractivity contribution is -0.119. The highest BCUT2D eigenvalue weighted by Crippen LogP contribution is 2.24. The van der Waals surface area contributed by atoms with Crippen LogP contribution >= 0.6 is 0 Å². The maximum atomic E-state index is 12.5. The van der Waals surface area contributed by atoms with E-state index in [0.717, 1.165) is 18.8 Å². The van der Waals surface area contributed by atoms with Gasteiger partial charge in [-0.05, 0) is 56.8 Å². The van der Waals surface area contributed by atoms with E-state index < -0.39 is 0 Å². The normalized spacial score (nSPS) is 20.4. The summed E-state index contributed by atoms with van der Waals surface area (Å²) in [4.78, 5) is 18.4. The standard InChI is InChI=1S/C16H25N3O/c1-3-19(15-6-9-17-10-7-15)16(20)11-13(2)14-5-4-8-18-12-14/h6-7,9-10,13-14,18H,3-5,8,11-12H2,1-2H3. The molecule has 1 aliphatic heterocycles. The highest BCUT2D eigenvalue weighted by molar-refractivity contribution is 5.93. The predicted octanol–water partition coefficient (Wildman–Crippen LogP) is 2.46. The second-order valence-corrected chi connectivity index (χ2v) is 5.63. The van der Waals surface area contributed by atoms with Gasteiger partial charge in [0.05, 0.1) is 0 Å². The summed E-state index contributed by atoms with van der Waals surface area (Å²) in [5.41, 5.74) is 0.946. The van der Waals surface area contributed by atoms with Crippen molar-refractivity contribution in [3.8, 4) is 0 Å². The molecule has 0 radical (unpaired) electrons. The zero-order chi connectivity index (χ0) is 14.4. The van der Waals surface area contributed by atoms with E-state index in [4.69, 9.17) is 0 Å². The summed E-state index contributed by atoms with van der Waals surface area (Å²) in [7, 11) is 0. The van der Waals surface area contributed by atoms with Crippen LogP contribution in [0.15, 0.2) is 24.5 Å². The smallest absolute Gasteiger partial charge is 0.227 e. The molecule has 4 heteroatoms. The molecule has 20 heavy (non-hydrogen) atoms. The highest BCUT2D eigenvalue weighted by atomic mass is 16.2. The molecule has 0 aliphatic carbocycles. The van der Waals surface area contributed by atoms with Crippen molar-refractivity contribution in [2.45, 2.75) is 33.1 Å². The predicted molar refractivity (Wildman–Crippen MR) is 81.6 cm³/mol. The zero-order valence-electron chi connectivity index (χ0n) is 12.5. The SMILES string of the molecule is CCN(C(=O)CC(C)C1CCCNC1)c1ccncc1. The number of carbonyl (C=O) groups is 1. The van der Waals surface area contributed by atoms with Gasteiger partial charge in [0.2, 0.25) is 5.91 Å². The lowest BCUT2D eigenvalue weighted by Crippen LogP contribution is -2.37. The first-order valence-electron chi connectivity index (χ1n) is 7.63. The summed E-state index contributed by atoms with van der Waals surface area (Å²) in [6.07, 6.45) is 6.57. The summed E-state index contributed by atoms with van der Waals surface area (Å²) in [5.74, 6) is 1.28. The Hall–Kier alpha value is -1.42. The molecule has 0 spiro atoms. The van der Waals surface area contributed by atoms with Crippen molar-refractivity contribution in [2.24, 2.45) is 11.8 Å². The van der Waals surface area contributed by atoms with Crippen molar-refractivity contribution in [1.29, 1.82) is 0 Å². The molecular weight excluding hydrogens is 250 g/mol. The molecule has 0 saturated carbocycles. The fourth-order valence-corrected chi connectivity index (χ4v) is 2.94. The minimum atomic E-state index is 0.219. The van der Waals surface area contributed by atoms with Gasteiger partial charge in [-0.15, -0.1) is 0 Å². The van der Waals surface area contributed by atoms with E-state index in [9.17, 15) is 4.79 Å². The van der Waals surface area contributed by atoms with Gasteiger partial charge in [-0.1, -0.05) is 6.92 Å². The summed E-state index contributed by atoms with van der Waals surface area (Å²) in [6, 6.07) is 3.79. The molecule has 2 unspecified atom stereocenters. The molecular formula is C16H25N3O. The van der Waals surface area contributed by atoms with Gasteiger partial charge in [0, 0.05) is 31.0 Å². The van der Waals surface area contributed by atoms with Crippen LogP contribution in [-0.2, 0) is 4.79 Å². The molecule has 1 aliphatic rings. The summed E-state index contributed by atoms with van der Waals surface area (Å²) >= 11 is 0. The molecule has 1 amide bonds. The number of nitrogens with one attached hydrogen (secondary N) is 1. The van der Waals surface area contributed by atoms with Crippen molar-refractivity contribution >= 4 is 11.6 Å². The number of hydrogen-bond acceptors (Lipinski definition) is 3. The molecule has 1 aromatic rings. The van der Waals surface area contributed by atoms with Gasteiger partial charge in [-0.2, -0.15) is 0 Å². The van der Waals surface area contributed by atoms with Gasteiger partial charge >= 0.3 is 0 Å². The van der Waals surface area contributed by atoms with Crippen LogP contribution in [-0.4, -0.2) is 30.5 Å². The van der Waals surface area contributed by atoms with E-state index in [1.165, 1.54) is 12.8 Å². The van der Waals surface area contributed by atoms with E-state index in [2.05, 4.69) is 17.2 Å². The van der Waals surface area contributed by atoms with E-state index in [1.54, 1.807) is 12.4 Å². The molecule has 2 rings (SSSR count). The lowest BCUT2D eigenvalue weighted by Gasteiger charge is -2.30. The van der Waals surface area contributed by atoms with Crippen LogP contribution in [0.1, 0.15) is 33.1 Å². The van der Waals surface area contributed by atoms with Crippen molar-refractivity contribution in [3.63, 3.8) is 0 Å². The Morgan fingerprint density at radius 2 is 2.25 bits per heavy atom. The quantitative estimate of drug-likeness (QED) is 0.898. The van der Waals surface area contributed by atoms with Gasteiger partial charge < -0.3 is 10.2 Å². The van der Waals surface area contributed by atoms with E-state index in [0.29, 0.717) is 24.8 Å². The van der Waals surface area contributed by atoms with Crippen LogP contribution in [0.2, 0.25) is 0 Å². The fraction of sp³-hybridized carbons (Fsp3) is 0.625. The summed E-state index contributed by atoms with van der Waals surface area (Å²) in [5, 5.41) is 3.43. The van der Waals surface area contributed by atoms with Crippen LogP contribution < -0.4 is 10.2 Å². The Morgan fingerprint density at radius 3 is 2.85 bits per heavy atom. The molecule has 1 aromatic heterocycles. The number of amides is 1. The average molecular weight is 275 g/mol. The molecule has 0 aromatic carbocycles. The second kappa shape index (κ2) is 7.39. The van der Waals surface area contributed by atoms with Crippen LogP contribution in [0.5, 0.6) is 0 Å². The van der Waals surface area contributed by atoms with Crippen LogP contribution in [0.25, 0.3) is 0 Å². The Morgan fingerprint density at radius 1 is 1.50 bits per heavy atom. The zero-order valence-corrected chi connectivity index (χ0v) is 12.5. The van der Waals surface area contributed by atoms with Crippen molar-refractivity contribution in [2.75, 3.05) is 24.5 Å². The average Bonchev–Trinajstić information content (AvgIpc) is 2.50. The van der Waals surface area contributed by atoms with Crippen molar-refractivity contribution in [1.82, 2.24) is 10.3 Å². The minimum absolute atomic E-state index is 0.219. The molecule has 2 atom stereocenters. The first-order valence-corrected chi connectivity index (χ1v) is 7.63. The first kappa shape index (κ1) is 15.0. The number of pyridine rings is 1. The van der Waals surface area contributed by atoms with E-state index in [-0.39, 0.29) is 5.91 Å². The van der Waals surface area contributed by atoms with Gasteiger partial charge in [0.15, 0.2) is 0 Å². The number of hydrogen-bond donors (Lipinski definition) is 1. The topological polar surface area (TPSA) is 45.2 Å². The molecule has 0 bridgehead atoms. The molecule has 2 heterocycles. The van der Waals surface area contributed by atoms with E-state index >= 15 is 0 Å². The molecule has 1 saturated heterocycles. The van der Waals surface area contributed by atoms with Gasteiger partial charge in [-0.25, -0.2) is 0 Å². The lowest BCUT2D eigenvalue weighted by atomic mass is 9.85. The Kier molecular flexibility index (Phi) is 5.53. The maximum absolute atomic E-state index is 12.5. The Bertz CT molecular complexity index is 415. The van der Waals surface area contributed by atoms with E-state index in [1.807, 2.05) is 24.0 Å². The van der Waals surface area contributed by atoms with Crippen molar-refractivity contribution in [3.05, 3.63) is 24.5 Å².